The fourth-order valence-corrected chi connectivity index (χ4v) is 1.78. The van der Waals surface area contributed by atoms with Gasteiger partial charge in [0.15, 0.2) is 0 Å². The van der Waals surface area contributed by atoms with Crippen molar-refractivity contribution in [1.82, 2.24) is 0 Å². The largest absolute Gasteiger partial charge is 0.416 e. The first-order valence-electron chi connectivity index (χ1n) is 6.01. The number of nitro benzene ring substituents is 1. The van der Waals surface area contributed by atoms with Crippen molar-refractivity contribution < 1.29 is 14.5 Å². The van der Waals surface area contributed by atoms with Gasteiger partial charge in [0.2, 0.25) is 5.75 Å². The van der Waals surface area contributed by atoms with Crippen LogP contribution in [-0.4, -0.2) is 10.9 Å². The molecule has 2 aromatic rings. The summed E-state index contributed by atoms with van der Waals surface area (Å²) in [6, 6.07) is 11.3. The Morgan fingerprint density at radius 2 is 1.80 bits per heavy atom. The number of nitro groups is 1. The van der Waals surface area contributed by atoms with Crippen LogP contribution in [0.4, 0.5) is 5.69 Å². The highest BCUT2D eigenvalue weighted by Gasteiger charge is 2.18. The highest BCUT2D eigenvalue weighted by Crippen LogP contribution is 2.28. The first-order valence-corrected chi connectivity index (χ1v) is 6.01. The van der Waals surface area contributed by atoms with E-state index in [1.54, 1.807) is 31.2 Å². The second kappa shape index (κ2) is 5.52. The molecule has 0 aliphatic heterocycles. The third kappa shape index (κ3) is 3.00. The number of nitrogens with zero attached hydrogens (tertiary/aromatic N) is 1. The van der Waals surface area contributed by atoms with Gasteiger partial charge in [0, 0.05) is 6.07 Å². The molecule has 5 heteroatoms. The molecule has 102 valence electrons. The standard InChI is InChI=1S/C15H13NO4/c1-10-4-3-5-12(8-10)15(17)20-14-9-11(2)6-7-13(14)16(18)19/h3-9H,1-2H3. The maximum atomic E-state index is 12.0. The second-order valence-corrected chi connectivity index (χ2v) is 4.49. The minimum Gasteiger partial charge on any atom is -0.416 e. The van der Waals surface area contributed by atoms with Crippen LogP contribution < -0.4 is 4.74 Å². The molecule has 0 heterocycles. The molecule has 0 aliphatic carbocycles. The first-order chi connectivity index (χ1) is 9.47. The minimum atomic E-state index is -0.609. The van der Waals surface area contributed by atoms with Gasteiger partial charge in [-0.15, -0.1) is 0 Å². The van der Waals surface area contributed by atoms with Crippen LogP contribution in [0, 0.1) is 24.0 Å². The summed E-state index contributed by atoms with van der Waals surface area (Å²) in [7, 11) is 0. The third-order valence-corrected chi connectivity index (χ3v) is 2.77. The van der Waals surface area contributed by atoms with E-state index in [2.05, 4.69) is 0 Å². The predicted molar refractivity (Wildman–Crippen MR) is 74.0 cm³/mol. The van der Waals surface area contributed by atoms with E-state index in [-0.39, 0.29) is 11.4 Å². The minimum absolute atomic E-state index is 0.0403. The van der Waals surface area contributed by atoms with Gasteiger partial charge in [-0.2, -0.15) is 0 Å². The van der Waals surface area contributed by atoms with Crippen molar-refractivity contribution in [3.05, 3.63) is 69.3 Å². The second-order valence-electron chi connectivity index (χ2n) is 4.49. The highest BCUT2D eigenvalue weighted by molar-refractivity contribution is 5.91. The number of benzene rings is 2. The summed E-state index contributed by atoms with van der Waals surface area (Å²) in [4.78, 5) is 22.4. The Kier molecular flexibility index (Phi) is 3.79. The van der Waals surface area contributed by atoms with E-state index in [4.69, 9.17) is 4.74 Å². The molecule has 0 unspecified atom stereocenters. The van der Waals surface area contributed by atoms with Crippen LogP contribution in [0.2, 0.25) is 0 Å². The zero-order chi connectivity index (χ0) is 14.7. The van der Waals surface area contributed by atoms with Crippen molar-refractivity contribution in [2.45, 2.75) is 13.8 Å². The fourth-order valence-electron chi connectivity index (χ4n) is 1.78. The van der Waals surface area contributed by atoms with Gasteiger partial charge in [-0.1, -0.05) is 23.8 Å². The summed E-state index contributed by atoms with van der Waals surface area (Å²) >= 11 is 0. The van der Waals surface area contributed by atoms with E-state index in [1.807, 2.05) is 13.0 Å². The Hall–Kier alpha value is -2.69. The monoisotopic (exact) mass is 271 g/mol. The summed E-state index contributed by atoms with van der Waals surface area (Å²) < 4.78 is 5.15. The molecule has 2 aromatic carbocycles. The van der Waals surface area contributed by atoms with Crippen LogP contribution in [0.1, 0.15) is 21.5 Å². The number of carbonyl (C=O) groups excluding carboxylic acids is 1. The van der Waals surface area contributed by atoms with E-state index >= 15 is 0 Å². The van der Waals surface area contributed by atoms with Crippen molar-refractivity contribution in [3.63, 3.8) is 0 Å². The zero-order valence-corrected chi connectivity index (χ0v) is 11.1. The van der Waals surface area contributed by atoms with Gasteiger partial charge in [-0.05, 0) is 37.6 Å². The molecule has 0 N–H and O–H groups in total. The number of rotatable bonds is 3. The Bertz CT molecular complexity index is 679. The summed E-state index contributed by atoms with van der Waals surface area (Å²) in [5, 5.41) is 10.9. The Labute approximate surface area is 116 Å². The van der Waals surface area contributed by atoms with Crippen molar-refractivity contribution >= 4 is 11.7 Å². The van der Waals surface area contributed by atoms with Crippen molar-refractivity contribution in [2.75, 3.05) is 0 Å². The van der Waals surface area contributed by atoms with Crippen LogP contribution in [0.25, 0.3) is 0 Å². The molecule has 0 atom stereocenters. The van der Waals surface area contributed by atoms with Gasteiger partial charge in [0.05, 0.1) is 10.5 Å². The molecule has 0 saturated carbocycles. The molecule has 2 rings (SSSR count). The molecule has 0 saturated heterocycles. The average molecular weight is 271 g/mol. The van der Waals surface area contributed by atoms with Gasteiger partial charge in [-0.3, -0.25) is 10.1 Å². The van der Waals surface area contributed by atoms with Crippen molar-refractivity contribution in [1.29, 1.82) is 0 Å². The van der Waals surface area contributed by atoms with Crippen LogP contribution >= 0.6 is 0 Å². The Morgan fingerprint density at radius 3 is 2.45 bits per heavy atom. The van der Waals surface area contributed by atoms with E-state index in [1.165, 1.54) is 12.1 Å². The van der Waals surface area contributed by atoms with Crippen molar-refractivity contribution in [3.8, 4) is 5.75 Å². The predicted octanol–water partition coefficient (Wildman–Crippen LogP) is 3.43. The number of hydrogen-bond donors (Lipinski definition) is 0. The molecule has 0 fully saturated rings. The Balaban J connectivity index is 2.32. The lowest BCUT2D eigenvalue weighted by molar-refractivity contribution is -0.385. The van der Waals surface area contributed by atoms with Crippen LogP contribution in [-0.2, 0) is 0 Å². The fraction of sp³-hybridized carbons (Fsp3) is 0.133. The lowest BCUT2D eigenvalue weighted by atomic mass is 10.1. The van der Waals surface area contributed by atoms with Gasteiger partial charge in [0.25, 0.3) is 0 Å². The summed E-state index contributed by atoms with van der Waals surface area (Å²) in [5.74, 6) is -0.649. The SMILES string of the molecule is Cc1cccc(C(=O)Oc2cc(C)ccc2[N+](=O)[O-])c1. The van der Waals surface area contributed by atoms with Crippen LogP contribution in [0.15, 0.2) is 42.5 Å². The van der Waals surface area contributed by atoms with E-state index < -0.39 is 10.9 Å². The quantitative estimate of drug-likeness (QED) is 0.371. The van der Waals surface area contributed by atoms with Crippen molar-refractivity contribution in [2.24, 2.45) is 0 Å². The first kappa shape index (κ1) is 13.7. The normalized spacial score (nSPS) is 10.1. The zero-order valence-electron chi connectivity index (χ0n) is 11.1. The van der Waals surface area contributed by atoms with Gasteiger partial charge >= 0.3 is 11.7 Å². The number of ether oxygens (including phenoxy) is 1. The highest BCUT2D eigenvalue weighted by atomic mass is 16.6. The molecule has 5 nitrogen and oxygen atoms in total. The molecule has 0 aliphatic rings. The molecule has 0 radical (unpaired) electrons. The van der Waals surface area contributed by atoms with E-state index in [0.717, 1.165) is 11.1 Å². The molecular formula is C15H13NO4. The number of hydrogen-bond acceptors (Lipinski definition) is 4. The number of esters is 1. The smallest absolute Gasteiger partial charge is 0.343 e. The third-order valence-electron chi connectivity index (χ3n) is 2.77. The summed E-state index contributed by atoms with van der Waals surface area (Å²) in [6.07, 6.45) is 0. The molecular weight excluding hydrogens is 258 g/mol. The summed E-state index contributed by atoms with van der Waals surface area (Å²) in [6.45, 7) is 3.62. The molecule has 20 heavy (non-hydrogen) atoms. The lowest BCUT2D eigenvalue weighted by Gasteiger charge is -2.06. The number of carbonyl (C=O) groups is 1. The van der Waals surface area contributed by atoms with Crippen LogP contribution in [0.5, 0.6) is 5.75 Å². The van der Waals surface area contributed by atoms with Gasteiger partial charge in [-0.25, -0.2) is 4.79 Å². The summed E-state index contributed by atoms with van der Waals surface area (Å²) in [5.41, 5.74) is 1.83. The molecule has 0 aromatic heterocycles. The van der Waals surface area contributed by atoms with Gasteiger partial charge in [0.1, 0.15) is 0 Å². The molecule has 0 bridgehead atoms. The number of aryl methyl sites for hydroxylation is 2. The van der Waals surface area contributed by atoms with Crippen LogP contribution in [0.3, 0.4) is 0 Å². The Morgan fingerprint density at radius 1 is 1.10 bits per heavy atom. The molecule has 0 spiro atoms. The maximum absolute atomic E-state index is 12.0. The van der Waals surface area contributed by atoms with E-state index in [9.17, 15) is 14.9 Å². The lowest BCUT2D eigenvalue weighted by Crippen LogP contribution is -2.10. The average Bonchev–Trinajstić information content (AvgIpc) is 2.38. The topological polar surface area (TPSA) is 69.4 Å². The maximum Gasteiger partial charge on any atom is 0.343 e. The molecule has 0 amide bonds. The van der Waals surface area contributed by atoms with E-state index in [0.29, 0.717) is 5.56 Å². The van der Waals surface area contributed by atoms with Gasteiger partial charge < -0.3 is 4.74 Å².